The molecule has 4 rings (SSSR count). The summed E-state index contributed by atoms with van der Waals surface area (Å²) in [5, 5.41) is 14.2. The summed E-state index contributed by atoms with van der Waals surface area (Å²) in [6, 6.07) is 12.0. The minimum absolute atomic E-state index is 0.0216. The summed E-state index contributed by atoms with van der Waals surface area (Å²) in [6.07, 6.45) is 1.26. The van der Waals surface area contributed by atoms with Crippen LogP contribution in [0.3, 0.4) is 0 Å². The Morgan fingerprint density at radius 1 is 1.22 bits per heavy atom. The van der Waals surface area contributed by atoms with E-state index in [1.807, 2.05) is 31.2 Å². The number of nitro benzene ring substituents is 1. The van der Waals surface area contributed by atoms with Gasteiger partial charge in [0, 0.05) is 16.7 Å². The first-order valence-electron chi connectivity index (χ1n) is 10.8. The van der Waals surface area contributed by atoms with Gasteiger partial charge in [-0.15, -0.1) is 0 Å². The predicted molar refractivity (Wildman–Crippen MR) is 131 cm³/mol. The van der Waals surface area contributed by atoms with Gasteiger partial charge in [-0.3, -0.25) is 19.8 Å². The first-order valence-corrected chi connectivity index (χ1v) is 11.2. The van der Waals surface area contributed by atoms with Crippen molar-refractivity contribution in [2.45, 2.75) is 20.1 Å². The molecule has 37 heavy (non-hydrogen) atoms. The van der Waals surface area contributed by atoms with E-state index >= 15 is 0 Å². The van der Waals surface area contributed by atoms with E-state index in [0.717, 1.165) is 22.1 Å². The van der Waals surface area contributed by atoms with Crippen LogP contribution in [0.4, 0.5) is 10.5 Å². The van der Waals surface area contributed by atoms with Crippen molar-refractivity contribution in [1.82, 2.24) is 10.2 Å². The van der Waals surface area contributed by atoms with Crippen LogP contribution >= 0.6 is 11.6 Å². The lowest BCUT2D eigenvalue weighted by molar-refractivity contribution is -0.385. The van der Waals surface area contributed by atoms with Crippen LogP contribution in [-0.4, -0.2) is 34.8 Å². The van der Waals surface area contributed by atoms with E-state index in [1.54, 1.807) is 0 Å². The summed E-state index contributed by atoms with van der Waals surface area (Å²) in [5.41, 5.74) is 1.35. The molecule has 12 heteroatoms. The maximum absolute atomic E-state index is 13.0. The van der Waals surface area contributed by atoms with Crippen molar-refractivity contribution in [2.24, 2.45) is 0 Å². The second kappa shape index (κ2) is 10.5. The minimum Gasteiger partial charge on any atom is -0.482 e. The molecule has 1 saturated heterocycles. The number of nitrogens with one attached hydrogen (secondary N) is 1. The number of amides is 3. The highest BCUT2D eigenvalue weighted by atomic mass is 35.5. The molecular weight excluding hydrogens is 506 g/mol. The van der Waals surface area contributed by atoms with Gasteiger partial charge in [0.15, 0.2) is 0 Å². The van der Waals surface area contributed by atoms with Crippen molar-refractivity contribution in [2.75, 3.05) is 7.11 Å². The zero-order chi connectivity index (χ0) is 26.7. The number of nitro groups is 1. The number of nitrogens with zero attached hydrogens (tertiary/aromatic N) is 2. The largest absolute Gasteiger partial charge is 0.482 e. The highest BCUT2D eigenvalue weighted by molar-refractivity contribution is 6.31. The number of methoxy groups -OCH3 is 1. The van der Waals surface area contributed by atoms with Gasteiger partial charge < -0.3 is 19.2 Å². The fourth-order valence-electron chi connectivity index (χ4n) is 3.66. The number of hydrogen-bond acceptors (Lipinski definition) is 8. The first-order chi connectivity index (χ1) is 17.7. The van der Waals surface area contributed by atoms with E-state index in [2.05, 4.69) is 10.1 Å². The lowest BCUT2D eigenvalue weighted by Gasteiger charge is -2.12. The molecule has 2 aromatic carbocycles. The minimum atomic E-state index is -0.744. The maximum Gasteiger partial charge on any atom is 0.373 e. The Bertz CT molecular complexity index is 1450. The SMILES string of the molecule is COC(=O)c1ccc(CN2C(=O)N/C(=C\c3cc(Cl)cc([N+](=O)[O-])c3OCc3cccc(C)c3)C2=O)o1. The molecule has 0 atom stereocenters. The molecule has 1 fully saturated rings. The number of esters is 1. The van der Waals surface area contributed by atoms with E-state index in [4.69, 9.17) is 20.8 Å². The van der Waals surface area contributed by atoms with Crippen LogP contribution in [0.5, 0.6) is 5.75 Å². The average Bonchev–Trinajstić information content (AvgIpc) is 3.43. The van der Waals surface area contributed by atoms with Gasteiger partial charge in [-0.25, -0.2) is 9.59 Å². The normalized spacial score (nSPS) is 14.1. The second-order valence-corrected chi connectivity index (χ2v) is 8.45. The molecule has 0 unspecified atom stereocenters. The smallest absolute Gasteiger partial charge is 0.373 e. The van der Waals surface area contributed by atoms with Crippen LogP contribution in [0.25, 0.3) is 6.08 Å². The molecule has 0 spiro atoms. The molecule has 1 aliphatic heterocycles. The Balaban J connectivity index is 1.63. The molecule has 1 N–H and O–H groups in total. The number of halogens is 1. The van der Waals surface area contributed by atoms with Crippen LogP contribution in [0.2, 0.25) is 5.02 Å². The van der Waals surface area contributed by atoms with Crippen LogP contribution in [-0.2, 0) is 22.7 Å². The molecule has 3 aromatic rings. The van der Waals surface area contributed by atoms with E-state index < -0.39 is 28.5 Å². The van der Waals surface area contributed by atoms with Crippen LogP contribution in [0, 0.1) is 17.0 Å². The van der Waals surface area contributed by atoms with Crippen LogP contribution in [0.15, 0.2) is 58.6 Å². The molecule has 0 saturated carbocycles. The number of carbonyl (C=O) groups excluding carboxylic acids is 3. The third-order valence-electron chi connectivity index (χ3n) is 5.35. The third-order valence-corrected chi connectivity index (χ3v) is 5.57. The Labute approximate surface area is 215 Å². The number of carbonyl (C=O) groups is 3. The maximum atomic E-state index is 13.0. The molecule has 1 aliphatic rings. The van der Waals surface area contributed by atoms with E-state index in [-0.39, 0.29) is 46.7 Å². The van der Waals surface area contributed by atoms with E-state index in [1.165, 1.54) is 31.4 Å². The summed E-state index contributed by atoms with van der Waals surface area (Å²) >= 11 is 6.11. The van der Waals surface area contributed by atoms with Crippen LogP contribution in [0.1, 0.15) is 33.0 Å². The summed E-state index contributed by atoms with van der Waals surface area (Å²) in [4.78, 5) is 49.0. The van der Waals surface area contributed by atoms with E-state index in [9.17, 15) is 24.5 Å². The third kappa shape index (κ3) is 5.62. The van der Waals surface area contributed by atoms with Gasteiger partial charge in [0.25, 0.3) is 5.91 Å². The molecule has 3 amide bonds. The number of imide groups is 1. The van der Waals surface area contributed by atoms with Gasteiger partial charge in [0.2, 0.25) is 11.5 Å². The zero-order valence-corrected chi connectivity index (χ0v) is 20.4. The standard InChI is InChI=1S/C25H20ClN3O8/c1-14-4-3-5-15(8-14)13-36-22-16(9-17(26)11-20(22)29(33)34)10-19-23(30)28(25(32)27-19)12-18-6-7-21(37-18)24(31)35-2/h3-11H,12-13H2,1-2H3,(H,27,32)/b19-10-. The number of hydrogen-bond donors (Lipinski definition) is 1. The van der Waals surface area contributed by atoms with Crippen molar-refractivity contribution in [3.05, 3.63) is 97.6 Å². The Morgan fingerprint density at radius 3 is 2.70 bits per heavy atom. The molecule has 2 heterocycles. The van der Waals surface area contributed by atoms with Gasteiger partial charge >= 0.3 is 17.7 Å². The number of benzene rings is 2. The number of ether oxygens (including phenoxy) is 2. The van der Waals surface area contributed by atoms with Crippen molar-refractivity contribution in [3.8, 4) is 5.75 Å². The predicted octanol–water partition coefficient (Wildman–Crippen LogP) is 4.61. The number of furan rings is 1. The van der Waals surface area contributed by atoms with Crippen LogP contribution < -0.4 is 10.1 Å². The highest BCUT2D eigenvalue weighted by Gasteiger charge is 2.35. The van der Waals surface area contributed by atoms with Crippen molar-refractivity contribution in [3.63, 3.8) is 0 Å². The van der Waals surface area contributed by atoms with Gasteiger partial charge in [-0.2, -0.15) is 0 Å². The Morgan fingerprint density at radius 2 is 2.00 bits per heavy atom. The van der Waals surface area contributed by atoms with Gasteiger partial charge in [0.05, 0.1) is 18.6 Å². The zero-order valence-electron chi connectivity index (χ0n) is 19.6. The Hall–Kier alpha value is -4.64. The number of urea groups is 1. The van der Waals surface area contributed by atoms with Gasteiger partial charge in [-0.1, -0.05) is 41.4 Å². The molecule has 11 nitrogen and oxygen atoms in total. The lowest BCUT2D eigenvalue weighted by atomic mass is 10.1. The molecule has 0 radical (unpaired) electrons. The van der Waals surface area contributed by atoms with Crippen molar-refractivity contribution in [1.29, 1.82) is 0 Å². The molecule has 0 aliphatic carbocycles. The summed E-state index contributed by atoms with van der Waals surface area (Å²) in [5.74, 6) is -1.44. The van der Waals surface area contributed by atoms with E-state index in [0.29, 0.717) is 0 Å². The highest BCUT2D eigenvalue weighted by Crippen LogP contribution is 2.37. The summed E-state index contributed by atoms with van der Waals surface area (Å²) in [7, 11) is 1.19. The van der Waals surface area contributed by atoms with Crippen molar-refractivity contribution < 1.29 is 33.2 Å². The molecular formula is C25H20ClN3O8. The molecule has 190 valence electrons. The lowest BCUT2D eigenvalue weighted by Crippen LogP contribution is -2.30. The molecule has 1 aromatic heterocycles. The van der Waals surface area contributed by atoms with Gasteiger partial charge in [-0.05, 0) is 36.8 Å². The fraction of sp³-hybridized carbons (Fsp3) is 0.160. The monoisotopic (exact) mass is 525 g/mol. The van der Waals surface area contributed by atoms with Gasteiger partial charge in [0.1, 0.15) is 18.1 Å². The number of aryl methyl sites for hydroxylation is 1. The topological polar surface area (TPSA) is 141 Å². The quantitative estimate of drug-likeness (QED) is 0.148. The molecule has 0 bridgehead atoms. The average molecular weight is 526 g/mol. The summed E-state index contributed by atoms with van der Waals surface area (Å²) < 4.78 is 15.7. The second-order valence-electron chi connectivity index (χ2n) is 8.02. The Kier molecular flexibility index (Phi) is 7.25. The fourth-order valence-corrected chi connectivity index (χ4v) is 3.88. The first kappa shape index (κ1) is 25.5. The summed E-state index contributed by atoms with van der Waals surface area (Å²) in [6.45, 7) is 1.67. The number of rotatable bonds is 8. The van der Waals surface area contributed by atoms with Crippen molar-refractivity contribution >= 4 is 41.3 Å².